The summed E-state index contributed by atoms with van der Waals surface area (Å²) in [5.41, 5.74) is -5.32. The van der Waals surface area contributed by atoms with Gasteiger partial charge in [0.2, 0.25) is 0 Å². The van der Waals surface area contributed by atoms with Gasteiger partial charge in [-0.3, -0.25) is 4.18 Å². The fourth-order valence-corrected chi connectivity index (χ4v) is 1.61. The van der Waals surface area contributed by atoms with Crippen molar-refractivity contribution in [3.63, 3.8) is 0 Å². The molecular formula is C6H10F3NO3S. The first-order chi connectivity index (χ1) is 6.33. The Morgan fingerprint density at radius 1 is 1.43 bits per heavy atom. The van der Waals surface area contributed by atoms with Crippen LogP contribution in [0.3, 0.4) is 0 Å². The molecule has 1 rings (SSSR count). The molecule has 1 heterocycles. The van der Waals surface area contributed by atoms with E-state index in [0.717, 1.165) is 0 Å². The van der Waals surface area contributed by atoms with Gasteiger partial charge in [-0.05, 0) is 18.9 Å². The Balaban J connectivity index is 2.44. The molecule has 4 nitrogen and oxygen atoms in total. The molecule has 1 atom stereocenters. The zero-order valence-electron chi connectivity index (χ0n) is 7.17. The molecule has 1 N–H and O–H groups in total. The van der Waals surface area contributed by atoms with Gasteiger partial charge in [-0.1, -0.05) is 0 Å². The molecule has 8 heteroatoms. The lowest BCUT2D eigenvalue weighted by atomic mass is 10.1. The van der Waals surface area contributed by atoms with Crippen molar-refractivity contribution in [2.45, 2.75) is 11.9 Å². The molecule has 0 aromatic carbocycles. The molecule has 1 fully saturated rings. The fraction of sp³-hybridized carbons (Fsp3) is 1.00. The third-order valence-electron chi connectivity index (χ3n) is 1.90. The molecule has 1 aliphatic rings. The van der Waals surface area contributed by atoms with Crippen molar-refractivity contribution in [2.75, 3.05) is 19.7 Å². The molecule has 0 aliphatic carbocycles. The van der Waals surface area contributed by atoms with Gasteiger partial charge in [-0.15, -0.1) is 0 Å². The standard InChI is InChI=1S/C6H10F3NO3S/c7-6(8,9)14(11,12)13-4-5-1-2-10-3-5/h5,10H,1-4H2. The third kappa shape index (κ3) is 2.82. The second-order valence-electron chi connectivity index (χ2n) is 3.04. The predicted molar refractivity (Wildman–Crippen MR) is 41.9 cm³/mol. The van der Waals surface area contributed by atoms with E-state index in [9.17, 15) is 21.6 Å². The van der Waals surface area contributed by atoms with Crippen LogP contribution in [0.15, 0.2) is 0 Å². The summed E-state index contributed by atoms with van der Waals surface area (Å²) in [5, 5.41) is 2.89. The molecule has 0 aromatic heterocycles. The molecule has 84 valence electrons. The minimum atomic E-state index is -5.41. The molecule has 0 radical (unpaired) electrons. The maximum absolute atomic E-state index is 11.8. The Bertz CT molecular complexity index is 281. The second kappa shape index (κ2) is 4.03. The van der Waals surface area contributed by atoms with E-state index in [0.29, 0.717) is 19.5 Å². The van der Waals surface area contributed by atoms with Crippen LogP contribution in [0.4, 0.5) is 13.2 Å². The zero-order chi connectivity index (χ0) is 10.8. The van der Waals surface area contributed by atoms with Gasteiger partial charge in [0.25, 0.3) is 0 Å². The Labute approximate surface area is 79.6 Å². The summed E-state index contributed by atoms with van der Waals surface area (Å²) < 4.78 is 60.1. The summed E-state index contributed by atoms with van der Waals surface area (Å²) in [4.78, 5) is 0. The molecule has 0 amide bonds. The number of halogens is 3. The topological polar surface area (TPSA) is 55.4 Å². The van der Waals surface area contributed by atoms with Gasteiger partial charge >= 0.3 is 15.6 Å². The summed E-state index contributed by atoms with van der Waals surface area (Å²) >= 11 is 0. The Kier molecular flexibility index (Phi) is 3.38. The molecule has 0 spiro atoms. The van der Waals surface area contributed by atoms with Crippen LogP contribution in [0.5, 0.6) is 0 Å². The minimum absolute atomic E-state index is 0.160. The van der Waals surface area contributed by atoms with Crippen LogP contribution in [0.2, 0.25) is 0 Å². The molecule has 0 bridgehead atoms. The highest BCUT2D eigenvalue weighted by molar-refractivity contribution is 7.87. The number of nitrogens with one attached hydrogen (secondary N) is 1. The molecule has 1 aliphatic heterocycles. The smallest absolute Gasteiger partial charge is 0.316 e. The monoisotopic (exact) mass is 233 g/mol. The molecule has 14 heavy (non-hydrogen) atoms. The Morgan fingerprint density at radius 2 is 2.07 bits per heavy atom. The summed E-state index contributed by atoms with van der Waals surface area (Å²) in [5.74, 6) is -0.160. The molecule has 0 saturated carbocycles. The summed E-state index contributed by atoms with van der Waals surface area (Å²) in [6.07, 6.45) is 0.632. The SMILES string of the molecule is O=S(=O)(OCC1CCNC1)C(F)(F)F. The minimum Gasteiger partial charge on any atom is -0.316 e. The number of hydrogen-bond donors (Lipinski definition) is 1. The van der Waals surface area contributed by atoms with E-state index in [-0.39, 0.29) is 5.92 Å². The lowest BCUT2D eigenvalue weighted by molar-refractivity contribution is -0.0549. The first kappa shape index (κ1) is 11.7. The second-order valence-corrected chi connectivity index (χ2v) is 4.65. The first-order valence-electron chi connectivity index (χ1n) is 3.99. The van der Waals surface area contributed by atoms with Gasteiger partial charge in [-0.2, -0.15) is 21.6 Å². The van der Waals surface area contributed by atoms with Gasteiger partial charge in [0, 0.05) is 6.54 Å². The van der Waals surface area contributed by atoms with Crippen LogP contribution in [-0.2, 0) is 14.3 Å². The van der Waals surface area contributed by atoms with Crippen molar-refractivity contribution in [3.8, 4) is 0 Å². The lowest BCUT2D eigenvalue weighted by Crippen LogP contribution is -2.28. The summed E-state index contributed by atoms with van der Waals surface area (Å²) in [6.45, 7) is 0.766. The predicted octanol–water partition coefficient (Wildman–Crippen LogP) is 0.462. The van der Waals surface area contributed by atoms with E-state index in [1.807, 2.05) is 0 Å². The Hall–Kier alpha value is -0.340. The molecular weight excluding hydrogens is 223 g/mol. The molecule has 1 saturated heterocycles. The van der Waals surface area contributed by atoms with Crippen molar-refractivity contribution in [3.05, 3.63) is 0 Å². The molecule has 0 aromatic rings. The quantitative estimate of drug-likeness (QED) is 0.568. The highest BCUT2D eigenvalue weighted by Gasteiger charge is 2.47. The van der Waals surface area contributed by atoms with Gasteiger partial charge < -0.3 is 5.32 Å². The first-order valence-corrected chi connectivity index (χ1v) is 5.40. The fourth-order valence-electron chi connectivity index (χ4n) is 1.11. The number of hydrogen-bond acceptors (Lipinski definition) is 4. The largest absolute Gasteiger partial charge is 0.523 e. The summed E-state index contributed by atoms with van der Waals surface area (Å²) in [6, 6.07) is 0. The van der Waals surface area contributed by atoms with E-state index in [4.69, 9.17) is 0 Å². The van der Waals surface area contributed by atoms with Crippen molar-refractivity contribution in [1.29, 1.82) is 0 Å². The van der Waals surface area contributed by atoms with Crippen LogP contribution in [0.25, 0.3) is 0 Å². The maximum atomic E-state index is 11.8. The van der Waals surface area contributed by atoms with Crippen LogP contribution in [0.1, 0.15) is 6.42 Å². The van der Waals surface area contributed by atoms with Crippen LogP contribution >= 0.6 is 0 Å². The van der Waals surface area contributed by atoms with Crippen LogP contribution in [0, 0.1) is 5.92 Å². The van der Waals surface area contributed by atoms with E-state index < -0.39 is 22.2 Å². The van der Waals surface area contributed by atoms with Gasteiger partial charge in [-0.25, -0.2) is 0 Å². The normalized spacial score (nSPS) is 24.1. The van der Waals surface area contributed by atoms with E-state index >= 15 is 0 Å². The third-order valence-corrected chi connectivity index (χ3v) is 2.92. The average molecular weight is 233 g/mol. The summed E-state index contributed by atoms with van der Waals surface area (Å²) in [7, 11) is -5.41. The van der Waals surface area contributed by atoms with Crippen LogP contribution < -0.4 is 5.32 Å². The highest BCUT2D eigenvalue weighted by atomic mass is 32.2. The highest BCUT2D eigenvalue weighted by Crippen LogP contribution is 2.25. The Morgan fingerprint density at radius 3 is 2.50 bits per heavy atom. The van der Waals surface area contributed by atoms with E-state index in [1.165, 1.54) is 0 Å². The van der Waals surface area contributed by atoms with Crippen molar-refractivity contribution in [2.24, 2.45) is 5.92 Å². The molecule has 1 unspecified atom stereocenters. The van der Waals surface area contributed by atoms with Gasteiger partial charge in [0.05, 0.1) is 6.61 Å². The average Bonchev–Trinajstić information content (AvgIpc) is 2.50. The zero-order valence-corrected chi connectivity index (χ0v) is 7.99. The maximum Gasteiger partial charge on any atom is 0.523 e. The van der Waals surface area contributed by atoms with Crippen LogP contribution in [-0.4, -0.2) is 33.6 Å². The van der Waals surface area contributed by atoms with E-state index in [1.54, 1.807) is 0 Å². The van der Waals surface area contributed by atoms with Gasteiger partial charge in [0.1, 0.15) is 0 Å². The van der Waals surface area contributed by atoms with Gasteiger partial charge in [0.15, 0.2) is 0 Å². The lowest BCUT2D eigenvalue weighted by Gasteiger charge is -2.11. The van der Waals surface area contributed by atoms with Crippen molar-refractivity contribution in [1.82, 2.24) is 5.32 Å². The number of alkyl halides is 3. The van der Waals surface area contributed by atoms with Crippen molar-refractivity contribution < 1.29 is 25.8 Å². The van der Waals surface area contributed by atoms with E-state index in [2.05, 4.69) is 9.50 Å². The van der Waals surface area contributed by atoms with Crippen molar-refractivity contribution >= 4 is 10.1 Å². The number of rotatable bonds is 3.